The molecule has 0 atom stereocenters. The number of halogens is 1. The van der Waals surface area contributed by atoms with Gasteiger partial charge in [-0.2, -0.15) is 0 Å². The minimum Gasteiger partial charge on any atom is -0.379 e. The number of alkyl halides is 1. The average Bonchev–Trinajstić information content (AvgIpc) is 2.75. The van der Waals surface area contributed by atoms with Gasteiger partial charge in [0.15, 0.2) is 0 Å². The van der Waals surface area contributed by atoms with Crippen molar-refractivity contribution in [2.75, 3.05) is 91.2 Å². The lowest BCUT2D eigenvalue weighted by Crippen LogP contribution is -2.28. The number of rotatable bonds is 22. The third-order valence-corrected chi connectivity index (χ3v) is 3.66. The second kappa shape index (κ2) is 28.4. The van der Waals surface area contributed by atoms with Gasteiger partial charge in [0.05, 0.1) is 84.6 Å². The first kappa shape index (κ1) is 31.6. The van der Waals surface area contributed by atoms with Crippen LogP contribution in [0.25, 0.3) is 0 Å². The maximum Gasteiger partial charge on any atom is 0.230 e. The fourth-order valence-electron chi connectivity index (χ4n) is 1.73. The molecule has 0 radical (unpaired) electrons. The fourth-order valence-corrected chi connectivity index (χ4v) is 1.93. The van der Waals surface area contributed by atoms with E-state index in [9.17, 15) is 9.59 Å². The van der Waals surface area contributed by atoms with E-state index in [2.05, 4.69) is 21.2 Å². The summed E-state index contributed by atoms with van der Waals surface area (Å²) in [5.41, 5.74) is 0. The van der Waals surface area contributed by atoms with Crippen molar-refractivity contribution in [1.29, 1.82) is 0 Å². The van der Waals surface area contributed by atoms with E-state index in [1.807, 2.05) is 13.8 Å². The van der Waals surface area contributed by atoms with Crippen LogP contribution in [0.3, 0.4) is 0 Å². The highest BCUT2D eigenvalue weighted by molar-refractivity contribution is 9.09. The zero-order chi connectivity index (χ0) is 22.7. The molecule has 0 bridgehead atoms. The van der Waals surface area contributed by atoms with Crippen LogP contribution in [0.5, 0.6) is 0 Å². The van der Waals surface area contributed by atoms with Crippen LogP contribution < -0.4 is 5.32 Å². The molecule has 180 valence electrons. The van der Waals surface area contributed by atoms with Crippen molar-refractivity contribution in [2.24, 2.45) is 0 Å². The second-order valence-corrected chi connectivity index (χ2v) is 6.17. The first-order valence-electron chi connectivity index (χ1n) is 10.5. The first-order valence-corrected chi connectivity index (χ1v) is 11.6. The molecule has 10 heteroatoms. The van der Waals surface area contributed by atoms with Crippen LogP contribution in [0, 0.1) is 0 Å². The summed E-state index contributed by atoms with van der Waals surface area (Å²) < 4.78 is 32.0. The molecule has 0 aliphatic heterocycles. The molecule has 0 aliphatic carbocycles. The van der Waals surface area contributed by atoms with Gasteiger partial charge in [0.25, 0.3) is 0 Å². The summed E-state index contributed by atoms with van der Waals surface area (Å²) in [6, 6.07) is 0. The Kier molecular flexibility index (Phi) is 29.9. The van der Waals surface area contributed by atoms with Crippen LogP contribution in [0.4, 0.5) is 0 Å². The van der Waals surface area contributed by atoms with Crippen molar-refractivity contribution in [3.63, 3.8) is 0 Å². The second-order valence-electron chi connectivity index (χ2n) is 5.61. The fraction of sp³-hybridized carbons (Fsp3) is 0.900. The normalized spacial score (nSPS) is 10.4. The molecule has 0 saturated carbocycles. The van der Waals surface area contributed by atoms with Crippen molar-refractivity contribution in [2.45, 2.75) is 27.2 Å². The lowest BCUT2D eigenvalue weighted by Gasteiger charge is -2.08. The summed E-state index contributed by atoms with van der Waals surface area (Å²) in [6.45, 7) is 11.9. The van der Waals surface area contributed by atoms with Gasteiger partial charge in [-0.25, -0.2) is 0 Å². The predicted molar refractivity (Wildman–Crippen MR) is 118 cm³/mol. The van der Waals surface area contributed by atoms with Crippen LogP contribution in [-0.4, -0.2) is 103 Å². The highest BCUT2D eigenvalue weighted by atomic mass is 79.9. The van der Waals surface area contributed by atoms with Gasteiger partial charge in [0.2, 0.25) is 5.91 Å². The molecule has 0 fully saturated rings. The monoisotopic (exact) mass is 501 g/mol. The standard InChI is InChI=1S/C18H34BrNO8.C2H6/c1-17(21)2-4-23-6-8-25-10-12-27-14-15-28-13-11-26-9-7-24-5-3-20-18(22)16-19;1-2/h2-16H2,1H3,(H,20,22);1-2H3. The Morgan fingerprint density at radius 2 is 0.967 bits per heavy atom. The molecule has 0 aromatic rings. The van der Waals surface area contributed by atoms with Gasteiger partial charge in [-0.15, -0.1) is 0 Å². The van der Waals surface area contributed by atoms with Gasteiger partial charge < -0.3 is 33.7 Å². The van der Waals surface area contributed by atoms with Crippen LogP contribution >= 0.6 is 15.9 Å². The van der Waals surface area contributed by atoms with Crippen LogP contribution in [-0.2, 0) is 38.0 Å². The quantitative estimate of drug-likeness (QED) is 0.176. The molecular formula is C20H40BrNO8. The maximum atomic E-state index is 10.9. The van der Waals surface area contributed by atoms with Gasteiger partial charge in [0, 0.05) is 13.0 Å². The Morgan fingerprint density at radius 1 is 0.633 bits per heavy atom. The average molecular weight is 502 g/mol. The molecule has 0 heterocycles. The van der Waals surface area contributed by atoms with Gasteiger partial charge >= 0.3 is 0 Å². The van der Waals surface area contributed by atoms with E-state index in [-0.39, 0.29) is 11.7 Å². The summed E-state index contributed by atoms with van der Waals surface area (Å²) in [5.74, 6) is 0.0713. The van der Waals surface area contributed by atoms with Gasteiger partial charge in [-0.05, 0) is 6.92 Å². The lowest BCUT2D eigenvalue weighted by atomic mass is 10.3. The van der Waals surface area contributed by atoms with E-state index in [0.29, 0.717) is 97.6 Å². The number of carbonyl (C=O) groups is 2. The lowest BCUT2D eigenvalue weighted by molar-refractivity contribution is -0.119. The van der Waals surface area contributed by atoms with E-state index in [4.69, 9.17) is 28.4 Å². The van der Waals surface area contributed by atoms with Crippen LogP contribution in [0.15, 0.2) is 0 Å². The molecule has 0 aromatic heterocycles. The Bertz CT molecular complexity index is 375. The van der Waals surface area contributed by atoms with Crippen LogP contribution in [0.1, 0.15) is 27.2 Å². The summed E-state index contributed by atoms with van der Waals surface area (Å²) >= 11 is 3.06. The topological polar surface area (TPSA) is 102 Å². The summed E-state index contributed by atoms with van der Waals surface area (Å²) in [7, 11) is 0. The number of carbonyl (C=O) groups excluding carboxylic acids is 2. The third kappa shape index (κ3) is 29.6. The molecule has 0 unspecified atom stereocenters. The number of hydrogen-bond acceptors (Lipinski definition) is 8. The molecule has 0 spiro atoms. The van der Waals surface area contributed by atoms with Crippen molar-refractivity contribution in [1.82, 2.24) is 5.32 Å². The minimum atomic E-state index is -0.0550. The van der Waals surface area contributed by atoms with E-state index >= 15 is 0 Å². The summed E-state index contributed by atoms with van der Waals surface area (Å²) in [4.78, 5) is 21.6. The maximum absolute atomic E-state index is 10.9. The molecular weight excluding hydrogens is 462 g/mol. The molecule has 0 rings (SSSR count). The Balaban J connectivity index is 0. The van der Waals surface area contributed by atoms with Crippen molar-refractivity contribution >= 4 is 27.6 Å². The van der Waals surface area contributed by atoms with Crippen molar-refractivity contribution in [3.8, 4) is 0 Å². The van der Waals surface area contributed by atoms with E-state index in [1.54, 1.807) is 6.92 Å². The molecule has 0 aromatic carbocycles. The van der Waals surface area contributed by atoms with Gasteiger partial charge in [-0.3, -0.25) is 9.59 Å². The molecule has 0 aliphatic rings. The number of hydrogen-bond donors (Lipinski definition) is 1. The summed E-state index contributed by atoms with van der Waals surface area (Å²) in [6.07, 6.45) is 0.445. The smallest absolute Gasteiger partial charge is 0.230 e. The first-order chi connectivity index (χ1) is 14.7. The molecule has 30 heavy (non-hydrogen) atoms. The molecule has 1 N–H and O–H groups in total. The number of nitrogens with one attached hydrogen (secondary N) is 1. The molecule has 0 saturated heterocycles. The molecule has 1 amide bonds. The van der Waals surface area contributed by atoms with Crippen molar-refractivity contribution < 1.29 is 38.0 Å². The number of ketones is 1. The van der Waals surface area contributed by atoms with Gasteiger partial charge in [0.1, 0.15) is 5.78 Å². The molecule has 9 nitrogen and oxygen atoms in total. The van der Waals surface area contributed by atoms with E-state index in [0.717, 1.165) is 0 Å². The Morgan fingerprint density at radius 3 is 1.30 bits per heavy atom. The third-order valence-electron chi connectivity index (χ3n) is 3.15. The largest absolute Gasteiger partial charge is 0.379 e. The highest BCUT2D eigenvalue weighted by Gasteiger charge is 1.97. The van der Waals surface area contributed by atoms with Crippen LogP contribution in [0.2, 0.25) is 0 Å². The number of ether oxygens (including phenoxy) is 6. The Labute approximate surface area is 189 Å². The minimum absolute atomic E-state index is 0.0550. The zero-order valence-electron chi connectivity index (χ0n) is 18.8. The zero-order valence-corrected chi connectivity index (χ0v) is 20.3. The Hall–Kier alpha value is -0.620. The van der Waals surface area contributed by atoms with E-state index < -0.39 is 0 Å². The van der Waals surface area contributed by atoms with Gasteiger partial charge in [-0.1, -0.05) is 29.8 Å². The number of Topliss-reactive ketones (excluding diaryl/α,β-unsaturated/α-hetero) is 1. The van der Waals surface area contributed by atoms with E-state index in [1.165, 1.54) is 0 Å². The van der Waals surface area contributed by atoms with Crippen molar-refractivity contribution in [3.05, 3.63) is 0 Å². The SMILES string of the molecule is CC.CC(=O)CCOCCOCCOCCOCCOCCOCCNC(=O)CBr. The highest BCUT2D eigenvalue weighted by Crippen LogP contribution is 1.87. The summed E-state index contributed by atoms with van der Waals surface area (Å²) in [5, 5.41) is 2.99. The predicted octanol–water partition coefficient (Wildman–Crippen LogP) is 1.60. The number of amides is 1.